The Bertz CT molecular complexity index is 1240. The molecule has 0 radical (unpaired) electrons. The van der Waals surface area contributed by atoms with Crippen molar-refractivity contribution in [1.82, 2.24) is 9.97 Å². The first-order valence-electron chi connectivity index (χ1n) is 10.6. The van der Waals surface area contributed by atoms with E-state index in [1.54, 1.807) is 7.11 Å². The van der Waals surface area contributed by atoms with Gasteiger partial charge in [0.25, 0.3) is 0 Å². The minimum Gasteiger partial charge on any atom is -0.497 e. The van der Waals surface area contributed by atoms with Crippen molar-refractivity contribution >= 4 is 21.8 Å². The van der Waals surface area contributed by atoms with Crippen LogP contribution in [0.3, 0.4) is 0 Å². The highest BCUT2D eigenvalue weighted by molar-refractivity contribution is 6.10. The zero-order valence-corrected chi connectivity index (χ0v) is 17.0. The van der Waals surface area contributed by atoms with Gasteiger partial charge in [-0.2, -0.15) is 0 Å². The molecular formula is C25H24N2O3. The van der Waals surface area contributed by atoms with Gasteiger partial charge in [0.1, 0.15) is 5.75 Å². The maximum Gasteiger partial charge on any atom is 0.172 e. The third kappa shape index (κ3) is 2.81. The molecule has 0 unspecified atom stereocenters. The van der Waals surface area contributed by atoms with Crippen molar-refractivity contribution in [3.05, 3.63) is 71.0 Å². The molecule has 1 N–H and O–H groups in total. The summed E-state index contributed by atoms with van der Waals surface area (Å²) in [5.74, 6) is 0.395. The van der Waals surface area contributed by atoms with Gasteiger partial charge in [0, 0.05) is 41.2 Å². The number of fused-ring (bicyclic) bond motifs is 5. The van der Waals surface area contributed by atoms with Crippen molar-refractivity contribution in [2.45, 2.75) is 31.5 Å². The van der Waals surface area contributed by atoms with Gasteiger partial charge in [-0.05, 0) is 35.7 Å². The molecule has 2 aromatic heterocycles. The molecular weight excluding hydrogens is 376 g/mol. The summed E-state index contributed by atoms with van der Waals surface area (Å²) in [4.78, 5) is 8.81. The number of para-hydroxylation sites is 1. The SMILES string of the molecule is COc1ccc(Cc2nc3c(c4c2[nH]c2ccccc24)CC2(CC3)OCCO2)cc1. The smallest absolute Gasteiger partial charge is 0.172 e. The molecule has 0 atom stereocenters. The summed E-state index contributed by atoms with van der Waals surface area (Å²) in [5, 5.41) is 2.52. The van der Waals surface area contributed by atoms with Gasteiger partial charge >= 0.3 is 0 Å². The minimum absolute atomic E-state index is 0.475. The normalized spacial score (nSPS) is 17.6. The largest absolute Gasteiger partial charge is 0.497 e. The van der Waals surface area contributed by atoms with Gasteiger partial charge in [0.05, 0.1) is 31.5 Å². The van der Waals surface area contributed by atoms with Gasteiger partial charge in [-0.15, -0.1) is 0 Å². The first-order chi connectivity index (χ1) is 14.7. The van der Waals surface area contributed by atoms with Gasteiger partial charge in [-0.1, -0.05) is 30.3 Å². The highest BCUT2D eigenvalue weighted by Gasteiger charge is 2.41. The highest BCUT2D eigenvalue weighted by atomic mass is 16.7. The summed E-state index contributed by atoms with van der Waals surface area (Å²) in [7, 11) is 1.69. The molecule has 1 aliphatic heterocycles. The summed E-state index contributed by atoms with van der Waals surface area (Å²) >= 11 is 0. The molecule has 0 amide bonds. The van der Waals surface area contributed by atoms with E-state index in [4.69, 9.17) is 19.2 Å². The molecule has 1 aliphatic carbocycles. The van der Waals surface area contributed by atoms with Crippen molar-refractivity contribution in [3.63, 3.8) is 0 Å². The second kappa shape index (κ2) is 6.83. The fourth-order valence-electron chi connectivity index (χ4n) is 4.97. The molecule has 5 heteroatoms. The van der Waals surface area contributed by atoms with Crippen molar-refractivity contribution in [2.24, 2.45) is 0 Å². The molecule has 30 heavy (non-hydrogen) atoms. The lowest BCUT2D eigenvalue weighted by atomic mass is 9.87. The van der Waals surface area contributed by atoms with E-state index >= 15 is 0 Å². The Morgan fingerprint density at radius 2 is 1.87 bits per heavy atom. The Labute approximate surface area is 175 Å². The van der Waals surface area contributed by atoms with Gasteiger partial charge < -0.3 is 19.2 Å². The number of rotatable bonds is 3. The van der Waals surface area contributed by atoms with Crippen LogP contribution in [0.25, 0.3) is 21.8 Å². The van der Waals surface area contributed by atoms with E-state index in [-0.39, 0.29) is 0 Å². The molecule has 1 spiro atoms. The highest BCUT2D eigenvalue weighted by Crippen LogP contribution is 2.41. The average Bonchev–Trinajstić information content (AvgIpc) is 3.40. The Morgan fingerprint density at radius 3 is 2.67 bits per heavy atom. The van der Waals surface area contributed by atoms with E-state index in [0.717, 1.165) is 48.2 Å². The first kappa shape index (κ1) is 17.9. The molecule has 1 fully saturated rings. The number of aromatic nitrogens is 2. The Morgan fingerprint density at radius 1 is 1.07 bits per heavy atom. The van der Waals surface area contributed by atoms with Crippen LogP contribution < -0.4 is 4.74 Å². The van der Waals surface area contributed by atoms with Crippen LogP contribution in [0, 0.1) is 0 Å². The third-order valence-corrected chi connectivity index (χ3v) is 6.45. The van der Waals surface area contributed by atoms with E-state index in [2.05, 4.69) is 41.4 Å². The van der Waals surface area contributed by atoms with E-state index in [1.807, 2.05) is 12.1 Å². The van der Waals surface area contributed by atoms with E-state index in [1.165, 1.54) is 27.6 Å². The number of aryl methyl sites for hydroxylation is 1. The zero-order chi connectivity index (χ0) is 20.1. The lowest BCUT2D eigenvalue weighted by Gasteiger charge is -2.33. The number of nitrogens with one attached hydrogen (secondary N) is 1. The van der Waals surface area contributed by atoms with E-state index in [9.17, 15) is 0 Å². The first-order valence-corrected chi connectivity index (χ1v) is 10.6. The number of nitrogens with zero attached hydrogens (tertiary/aromatic N) is 1. The molecule has 1 saturated heterocycles. The molecule has 4 aromatic rings. The number of methoxy groups -OCH3 is 1. The van der Waals surface area contributed by atoms with Crippen molar-refractivity contribution < 1.29 is 14.2 Å². The Balaban J connectivity index is 1.52. The predicted octanol–water partition coefficient (Wildman–Crippen LogP) is 4.55. The lowest BCUT2D eigenvalue weighted by Crippen LogP contribution is -2.37. The molecule has 0 bridgehead atoms. The summed E-state index contributed by atoms with van der Waals surface area (Å²) in [6.07, 6.45) is 3.28. The number of H-pyrrole nitrogens is 1. The number of hydrogen-bond acceptors (Lipinski definition) is 4. The lowest BCUT2D eigenvalue weighted by molar-refractivity contribution is -0.163. The number of benzene rings is 2. The molecule has 5 nitrogen and oxygen atoms in total. The predicted molar refractivity (Wildman–Crippen MR) is 116 cm³/mol. The summed E-state index contributed by atoms with van der Waals surface area (Å²) < 4.78 is 17.4. The standard InChI is InChI=1S/C25H24N2O3/c1-28-17-8-6-16(7-9-17)14-22-24-23(18-4-2-3-5-20(18)27-24)19-15-25(29-12-13-30-25)11-10-21(19)26-22/h2-9,27H,10-15H2,1H3. The fraction of sp³-hybridized carbons (Fsp3) is 0.320. The van der Waals surface area contributed by atoms with Crippen LogP contribution in [-0.4, -0.2) is 36.1 Å². The summed E-state index contributed by atoms with van der Waals surface area (Å²) in [6, 6.07) is 16.8. The van der Waals surface area contributed by atoms with Crippen molar-refractivity contribution in [2.75, 3.05) is 20.3 Å². The molecule has 2 aromatic carbocycles. The number of hydrogen-bond donors (Lipinski definition) is 1. The topological polar surface area (TPSA) is 56.4 Å². The van der Waals surface area contributed by atoms with Gasteiger partial charge in [-0.3, -0.25) is 4.98 Å². The van der Waals surface area contributed by atoms with Crippen molar-refractivity contribution in [3.8, 4) is 5.75 Å². The van der Waals surface area contributed by atoms with Gasteiger partial charge in [-0.25, -0.2) is 0 Å². The van der Waals surface area contributed by atoms with Crippen LogP contribution in [0.4, 0.5) is 0 Å². The summed E-state index contributed by atoms with van der Waals surface area (Å²) in [6.45, 7) is 1.35. The molecule has 152 valence electrons. The quantitative estimate of drug-likeness (QED) is 0.548. The van der Waals surface area contributed by atoms with Crippen LogP contribution >= 0.6 is 0 Å². The third-order valence-electron chi connectivity index (χ3n) is 6.45. The Kier molecular flexibility index (Phi) is 4.08. The van der Waals surface area contributed by atoms with Crippen LogP contribution in [0.2, 0.25) is 0 Å². The molecule has 2 aliphatic rings. The number of ether oxygens (including phenoxy) is 3. The van der Waals surface area contributed by atoms with Crippen LogP contribution in [0.15, 0.2) is 48.5 Å². The fourth-order valence-corrected chi connectivity index (χ4v) is 4.97. The summed E-state index contributed by atoms with van der Waals surface area (Å²) in [5.41, 5.74) is 7.04. The van der Waals surface area contributed by atoms with Crippen LogP contribution in [-0.2, 0) is 28.7 Å². The number of aromatic amines is 1. The van der Waals surface area contributed by atoms with E-state index in [0.29, 0.717) is 13.2 Å². The molecule has 6 rings (SSSR count). The van der Waals surface area contributed by atoms with E-state index < -0.39 is 5.79 Å². The maximum absolute atomic E-state index is 6.05. The van der Waals surface area contributed by atoms with Crippen molar-refractivity contribution in [1.29, 1.82) is 0 Å². The zero-order valence-electron chi connectivity index (χ0n) is 17.0. The molecule has 3 heterocycles. The maximum atomic E-state index is 6.05. The number of pyridine rings is 1. The Hall–Kier alpha value is -2.89. The average molecular weight is 400 g/mol. The monoisotopic (exact) mass is 400 g/mol. The van der Waals surface area contributed by atoms with Crippen LogP contribution in [0.1, 0.15) is 28.9 Å². The molecule has 0 saturated carbocycles. The van der Waals surface area contributed by atoms with Gasteiger partial charge in [0.15, 0.2) is 5.79 Å². The minimum atomic E-state index is -0.475. The second-order valence-electron chi connectivity index (χ2n) is 8.21. The second-order valence-corrected chi connectivity index (χ2v) is 8.21. The van der Waals surface area contributed by atoms with Crippen LogP contribution in [0.5, 0.6) is 5.75 Å². The van der Waals surface area contributed by atoms with Gasteiger partial charge in [0.2, 0.25) is 0 Å².